The molecule has 0 saturated heterocycles. The van der Waals surface area contributed by atoms with Crippen LogP contribution < -0.4 is 4.18 Å². The Balaban J connectivity index is 3.13. The van der Waals surface area contributed by atoms with Crippen molar-refractivity contribution in [2.45, 2.75) is 20.4 Å². The van der Waals surface area contributed by atoms with E-state index in [2.05, 4.69) is 20.9 Å². The molecule has 1 aromatic rings. The van der Waals surface area contributed by atoms with Crippen molar-refractivity contribution in [1.82, 2.24) is 9.78 Å². The van der Waals surface area contributed by atoms with Crippen molar-refractivity contribution in [2.24, 2.45) is 4.99 Å². The van der Waals surface area contributed by atoms with Gasteiger partial charge in [0, 0.05) is 18.8 Å². The Kier molecular flexibility index (Phi) is 4.60. The summed E-state index contributed by atoms with van der Waals surface area (Å²) in [6.45, 7) is 7.28. The van der Waals surface area contributed by atoms with E-state index in [9.17, 15) is 12.8 Å². The first-order chi connectivity index (χ1) is 8.43. The highest BCUT2D eigenvalue weighted by Gasteiger charge is 2.17. The molecule has 0 unspecified atom stereocenters. The van der Waals surface area contributed by atoms with Crippen molar-refractivity contribution < 1.29 is 17.0 Å². The van der Waals surface area contributed by atoms with Crippen LogP contribution in [-0.4, -0.2) is 29.9 Å². The molecule has 1 aromatic heterocycles. The number of halogens is 1. The SMILES string of the molecule is C=C/N=C(\C)c1cc(OS(=O)(=O)CF)n(CC)n1. The monoisotopic (exact) mass is 275 g/mol. The molecule has 0 spiro atoms. The van der Waals surface area contributed by atoms with Gasteiger partial charge in [-0.25, -0.2) is 9.07 Å². The van der Waals surface area contributed by atoms with Crippen LogP contribution >= 0.6 is 0 Å². The number of rotatable bonds is 6. The summed E-state index contributed by atoms with van der Waals surface area (Å²) in [6.07, 6.45) is 1.35. The molecule has 0 fully saturated rings. The second kappa shape index (κ2) is 5.76. The lowest BCUT2D eigenvalue weighted by Crippen LogP contribution is -2.13. The zero-order valence-corrected chi connectivity index (χ0v) is 10.9. The Bertz CT molecular complexity index is 563. The van der Waals surface area contributed by atoms with E-state index in [-0.39, 0.29) is 5.88 Å². The van der Waals surface area contributed by atoms with Crippen LogP contribution in [0.4, 0.5) is 4.39 Å². The summed E-state index contributed by atoms with van der Waals surface area (Å²) in [4.78, 5) is 3.93. The summed E-state index contributed by atoms with van der Waals surface area (Å²) < 4.78 is 40.2. The lowest BCUT2D eigenvalue weighted by molar-refractivity contribution is 0.422. The summed E-state index contributed by atoms with van der Waals surface area (Å²) in [6, 6.07) is -0.198. The molecule has 0 aliphatic rings. The van der Waals surface area contributed by atoms with E-state index in [0.717, 1.165) is 0 Å². The second-order valence-electron chi connectivity index (χ2n) is 3.33. The summed E-state index contributed by atoms with van der Waals surface area (Å²) in [5.74, 6) is -0.0382. The van der Waals surface area contributed by atoms with Gasteiger partial charge in [0.1, 0.15) is 5.69 Å². The smallest absolute Gasteiger partial charge is 0.340 e. The van der Waals surface area contributed by atoms with Gasteiger partial charge in [-0.3, -0.25) is 4.99 Å². The van der Waals surface area contributed by atoms with Crippen LogP contribution in [0, 0.1) is 0 Å². The molecule has 0 atom stereocenters. The number of hydrogen-bond acceptors (Lipinski definition) is 5. The summed E-state index contributed by atoms with van der Waals surface area (Å²) in [7, 11) is -4.22. The minimum absolute atomic E-state index is 0.0382. The fraction of sp³-hybridized carbons (Fsp3) is 0.400. The van der Waals surface area contributed by atoms with Crippen LogP contribution in [0.1, 0.15) is 19.5 Å². The Morgan fingerprint density at radius 3 is 2.89 bits per heavy atom. The van der Waals surface area contributed by atoms with Gasteiger partial charge in [-0.2, -0.15) is 13.5 Å². The van der Waals surface area contributed by atoms with Crippen LogP contribution in [0.2, 0.25) is 0 Å². The molecule has 0 N–H and O–H groups in total. The van der Waals surface area contributed by atoms with Crippen molar-refractivity contribution in [3.8, 4) is 5.88 Å². The van der Waals surface area contributed by atoms with Crippen LogP contribution in [0.5, 0.6) is 5.88 Å². The fourth-order valence-corrected chi connectivity index (χ4v) is 1.66. The number of aliphatic imine (C=N–C) groups is 1. The van der Waals surface area contributed by atoms with Gasteiger partial charge >= 0.3 is 10.1 Å². The fourth-order valence-electron chi connectivity index (χ4n) is 1.23. The molecule has 0 aliphatic carbocycles. The van der Waals surface area contributed by atoms with Gasteiger partial charge in [-0.05, 0) is 13.8 Å². The summed E-state index contributed by atoms with van der Waals surface area (Å²) in [5, 5.41) is 4.09. The predicted octanol–water partition coefficient (Wildman–Crippen LogP) is 1.49. The largest absolute Gasteiger partial charge is 0.360 e. The molecule has 6 nitrogen and oxygen atoms in total. The van der Waals surface area contributed by atoms with E-state index in [1.54, 1.807) is 13.8 Å². The standard InChI is InChI=1S/C10H14FN3O3S/c1-4-12-8(3)9-6-10(14(5-2)13-9)17-18(15,16)7-11/h4,6H,1,5,7H2,2-3H3/b12-8+. The van der Waals surface area contributed by atoms with Gasteiger partial charge in [-0.15, -0.1) is 0 Å². The maximum absolute atomic E-state index is 12.2. The maximum atomic E-state index is 12.2. The lowest BCUT2D eigenvalue weighted by Gasteiger charge is -2.04. The first kappa shape index (κ1) is 14.4. The van der Waals surface area contributed by atoms with E-state index >= 15 is 0 Å². The number of hydrogen-bond donors (Lipinski definition) is 0. The minimum Gasteiger partial charge on any atom is -0.360 e. The van der Waals surface area contributed by atoms with Gasteiger partial charge in [0.05, 0.1) is 5.71 Å². The molecule has 0 amide bonds. The molecule has 1 rings (SSSR count). The third-order valence-electron chi connectivity index (χ3n) is 2.04. The first-order valence-electron chi connectivity index (χ1n) is 5.15. The topological polar surface area (TPSA) is 73.5 Å². The molecule has 100 valence electrons. The zero-order valence-electron chi connectivity index (χ0n) is 10.1. The van der Waals surface area contributed by atoms with Crippen LogP contribution in [-0.2, 0) is 16.7 Å². The highest BCUT2D eigenvalue weighted by atomic mass is 32.2. The average Bonchev–Trinajstić information content (AvgIpc) is 2.72. The van der Waals surface area contributed by atoms with Crippen LogP contribution in [0.15, 0.2) is 23.8 Å². The van der Waals surface area contributed by atoms with Crippen LogP contribution in [0.25, 0.3) is 0 Å². The number of aromatic nitrogens is 2. The van der Waals surface area contributed by atoms with Crippen molar-refractivity contribution in [3.63, 3.8) is 0 Å². The van der Waals surface area contributed by atoms with E-state index in [1.807, 2.05) is 0 Å². The van der Waals surface area contributed by atoms with Crippen molar-refractivity contribution in [2.75, 3.05) is 6.01 Å². The maximum Gasteiger partial charge on any atom is 0.340 e. The minimum atomic E-state index is -4.22. The Morgan fingerprint density at radius 2 is 2.39 bits per heavy atom. The van der Waals surface area contributed by atoms with E-state index < -0.39 is 16.1 Å². The summed E-state index contributed by atoms with van der Waals surface area (Å²) in [5.41, 5.74) is 1.00. The van der Waals surface area contributed by atoms with Gasteiger partial charge in [0.25, 0.3) is 0 Å². The van der Waals surface area contributed by atoms with E-state index in [0.29, 0.717) is 18.0 Å². The van der Waals surface area contributed by atoms with Crippen molar-refractivity contribution in [1.29, 1.82) is 0 Å². The normalized spacial score (nSPS) is 12.5. The average molecular weight is 275 g/mol. The van der Waals surface area contributed by atoms with Crippen molar-refractivity contribution >= 4 is 15.8 Å². The summed E-state index contributed by atoms with van der Waals surface area (Å²) >= 11 is 0. The Labute approximate surface area is 105 Å². The molecule has 0 bridgehead atoms. The van der Waals surface area contributed by atoms with Gasteiger partial charge in [0.2, 0.25) is 11.9 Å². The molecule has 0 aromatic carbocycles. The zero-order chi connectivity index (χ0) is 13.8. The molecule has 0 aliphatic heterocycles. The third kappa shape index (κ3) is 3.39. The third-order valence-corrected chi connectivity index (χ3v) is 2.74. The molecule has 18 heavy (non-hydrogen) atoms. The van der Waals surface area contributed by atoms with Crippen molar-refractivity contribution in [3.05, 3.63) is 24.5 Å². The molecular formula is C10H14FN3O3S. The molecule has 1 heterocycles. The molecule has 0 saturated carbocycles. The first-order valence-corrected chi connectivity index (χ1v) is 6.73. The lowest BCUT2D eigenvalue weighted by atomic mass is 10.3. The van der Waals surface area contributed by atoms with E-state index in [1.165, 1.54) is 16.9 Å². The second-order valence-corrected chi connectivity index (χ2v) is 4.83. The van der Waals surface area contributed by atoms with Gasteiger partial charge in [0.15, 0.2) is 0 Å². The van der Waals surface area contributed by atoms with E-state index in [4.69, 9.17) is 0 Å². The number of aryl methyl sites for hydroxylation is 1. The quantitative estimate of drug-likeness (QED) is 0.582. The molecular weight excluding hydrogens is 261 g/mol. The number of nitrogens with zero attached hydrogens (tertiary/aromatic N) is 3. The van der Waals surface area contributed by atoms with Crippen LogP contribution in [0.3, 0.4) is 0 Å². The molecule has 0 radical (unpaired) electrons. The number of alkyl halides is 1. The Hall–Kier alpha value is -1.70. The van der Waals surface area contributed by atoms with Gasteiger partial charge < -0.3 is 4.18 Å². The Morgan fingerprint density at radius 1 is 1.72 bits per heavy atom. The van der Waals surface area contributed by atoms with Gasteiger partial charge in [-0.1, -0.05) is 6.58 Å². The highest BCUT2D eigenvalue weighted by Crippen LogP contribution is 2.17. The molecule has 8 heteroatoms. The highest BCUT2D eigenvalue weighted by molar-refractivity contribution is 7.86. The predicted molar refractivity (Wildman–Crippen MR) is 65.8 cm³/mol.